The van der Waals surface area contributed by atoms with Crippen molar-refractivity contribution in [3.05, 3.63) is 0 Å². The molecule has 0 aromatic rings. The molecule has 0 aromatic carbocycles. The van der Waals surface area contributed by atoms with Gasteiger partial charge in [0.1, 0.15) is 5.60 Å². The van der Waals surface area contributed by atoms with Gasteiger partial charge in [-0.15, -0.1) is 0 Å². The van der Waals surface area contributed by atoms with Crippen molar-refractivity contribution in [2.75, 3.05) is 19.6 Å². The van der Waals surface area contributed by atoms with Crippen molar-refractivity contribution >= 4 is 6.09 Å². The van der Waals surface area contributed by atoms with Crippen molar-refractivity contribution in [2.24, 2.45) is 10.2 Å². The molecular weight excluding hydrogens is 244 g/mol. The Hall–Kier alpha value is -1.17. The SMILES string of the molecule is CC1(CCN[C@@H]2CCN(C(=O)OC(C)(C)C)C2)N=N1. The van der Waals surface area contributed by atoms with Crippen LogP contribution < -0.4 is 5.32 Å². The van der Waals surface area contributed by atoms with Gasteiger partial charge in [0.25, 0.3) is 0 Å². The summed E-state index contributed by atoms with van der Waals surface area (Å²) in [7, 11) is 0. The summed E-state index contributed by atoms with van der Waals surface area (Å²) in [5.41, 5.74) is -0.567. The molecule has 0 unspecified atom stereocenters. The van der Waals surface area contributed by atoms with Gasteiger partial charge in [0, 0.05) is 25.6 Å². The largest absolute Gasteiger partial charge is 0.444 e. The maximum Gasteiger partial charge on any atom is 0.410 e. The van der Waals surface area contributed by atoms with E-state index in [-0.39, 0.29) is 11.8 Å². The van der Waals surface area contributed by atoms with E-state index in [9.17, 15) is 4.79 Å². The lowest BCUT2D eigenvalue weighted by Gasteiger charge is -2.24. The number of likely N-dealkylation sites (tertiary alicyclic amines) is 1. The molecule has 6 nitrogen and oxygen atoms in total. The molecule has 2 aliphatic rings. The summed E-state index contributed by atoms with van der Waals surface area (Å²) in [6.45, 7) is 10.1. The third kappa shape index (κ3) is 4.45. The minimum atomic E-state index is -0.424. The molecule has 1 fully saturated rings. The Morgan fingerprint density at radius 3 is 2.74 bits per heavy atom. The van der Waals surface area contributed by atoms with Gasteiger partial charge in [0.2, 0.25) is 0 Å². The molecule has 0 saturated carbocycles. The molecule has 0 aliphatic carbocycles. The molecule has 1 atom stereocenters. The van der Waals surface area contributed by atoms with Gasteiger partial charge in [-0.3, -0.25) is 0 Å². The molecule has 0 aromatic heterocycles. The summed E-state index contributed by atoms with van der Waals surface area (Å²) in [5.74, 6) is 0. The van der Waals surface area contributed by atoms with Crippen LogP contribution in [0, 0.1) is 0 Å². The van der Waals surface area contributed by atoms with Crippen molar-refractivity contribution in [1.82, 2.24) is 10.2 Å². The fourth-order valence-electron chi connectivity index (χ4n) is 2.12. The standard InChI is InChI=1S/C13H24N4O2/c1-12(2,3)19-11(18)17-8-5-10(9-17)14-7-6-13(4)15-16-13/h10,14H,5-9H2,1-4H3/t10-/m1/s1. The fourth-order valence-corrected chi connectivity index (χ4v) is 2.12. The molecule has 0 spiro atoms. The number of nitrogens with zero attached hydrogens (tertiary/aromatic N) is 3. The van der Waals surface area contributed by atoms with Crippen LogP contribution in [0.5, 0.6) is 0 Å². The monoisotopic (exact) mass is 268 g/mol. The molecule has 1 N–H and O–H groups in total. The lowest BCUT2D eigenvalue weighted by atomic mass is 10.2. The van der Waals surface area contributed by atoms with Crippen LogP contribution in [0.3, 0.4) is 0 Å². The summed E-state index contributed by atoms with van der Waals surface area (Å²) >= 11 is 0. The Morgan fingerprint density at radius 2 is 2.16 bits per heavy atom. The molecule has 19 heavy (non-hydrogen) atoms. The zero-order chi connectivity index (χ0) is 14.1. The second kappa shape index (κ2) is 5.07. The lowest BCUT2D eigenvalue weighted by Crippen LogP contribution is -2.39. The third-order valence-corrected chi connectivity index (χ3v) is 3.31. The molecule has 1 saturated heterocycles. The summed E-state index contributed by atoms with van der Waals surface area (Å²) in [6, 6.07) is 0.356. The van der Waals surface area contributed by atoms with Crippen molar-refractivity contribution in [3.63, 3.8) is 0 Å². The highest BCUT2D eigenvalue weighted by Gasteiger charge is 2.34. The molecule has 108 valence electrons. The number of rotatable bonds is 4. The Bertz CT molecular complexity index is 369. The van der Waals surface area contributed by atoms with Crippen molar-refractivity contribution in [2.45, 2.75) is 57.8 Å². The Labute approximate surface area is 114 Å². The highest BCUT2D eigenvalue weighted by molar-refractivity contribution is 5.68. The zero-order valence-corrected chi connectivity index (χ0v) is 12.3. The smallest absolute Gasteiger partial charge is 0.410 e. The quantitative estimate of drug-likeness (QED) is 0.849. The van der Waals surface area contributed by atoms with Crippen molar-refractivity contribution < 1.29 is 9.53 Å². The van der Waals surface area contributed by atoms with Gasteiger partial charge in [-0.1, -0.05) is 0 Å². The summed E-state index contributed by atoms with van der Waals surface area (Å²) < 4.78 is 5.37. The molecule has 2 rings (SSSR count). The van der Waals surface area contributed by atoms with Crippen LogP contribution in [0.1, 0.15) is 40.5 Å². The minimum Gasteiger partial charge on any atom is -0.444 e. The lowest BCUT2D eigenvalue weighted by molar-refractivity contribution is 0.0291. The summed E-state index contributed by atoms with van der Waals surface area (Å²) in [5, 5.41) is 11.4. The Kier molecular flexibility index (Phi) is 3.80. The van der Waals surface area contributed by atoms with Crippen LogP contribution >= 0.6 is 0 Å². The molecule has 0 radical (unpaired) electrons. The number of carbonyl (C=O) groups excluding carboxylic acids is 1. The summed E-state index contributed by atoms with van der Waals surface area (Å²) in [6.07, 6.45) is 1.69. The first-order valence-corrected chi connectivity index (χ1v) is 6.93. The van der Waals surface area contributed by atoms with E-state index in [1.54, 1.807) is 4.90 Å². The Morgan fingerprint density at radius 1 is 1.47 bits per heavy atom. The maximum atomic E-state index is 11.9. The van der Waals surface area contributed by atoms with E-state index >= 15 is 0 Å². The number of hydrogen-bond donors (Lipinski definition) is 1. The Balaban J connectivity index is 1.66. The van der Waals surface area contributed by atoms with E-state index < -0.39 is 5.60 Å². The zero-order valence-electron chi connectivity index (χ0n) is 12.3. The molecule has 6 heteroatoms. The van der Waals surface area contributed by atoms with Crippen LogP contribution in [0.15, 0.2) is 10.2 Å². The van der Waals surface area contributed by atoms with Gasteiger partial charge in [-0.25, -0.2) is 4.79 Å². The fraction of sp³-hybridized carbons (Fsp3) is 0.923. The van der Waals surface area contributed by atoms with Gasteiger partial charge in [0.15, 0.2) is 5.66 Å². The maximum absolute atomic E-state index is 11.9. The minimum absolute atomic E-state index is 0.142. The number of hydrogen-bond acceptors (Lipinski definition) is 5. The second-order valence-electron chi connectivity index (χ2n) is 6.53. The number of carbonyl (C=O) groups is 1. The first-order chi connectivity index (χ1) is 8.77. The first-order valence-electron chi connectivity index (χ1n) is 6.93. The van der Waals surface area contributed by atoms with Crippen molar-refractivity contribution in [1.29, 1.82) is 0 Å². The van der Waals surface area contributed by atoms with Crippen molar-refractivity contribution in [3.8, 4) is 0 Å². The third-order valence-electron chi connectivity index (χ3n) is 3.31. The molecule has 0 bridgehead atoms. The van der Waals surface area contributed by atoms with Gasteiger partial charge in [0.05, 0.1) is 0 Å². The van der Waals surface area contributed by atoms with E-state index in [2.05, 4.69) is 15.5 Å². The normalized spacial score (nSPS) is 24.6. The molecule has 1 amide bonds. The van der Waals surface area contributed by atoms with Crippen LogP contribution in [-0.4, -0.2) is 47.9 Å². The van der Waals surface area contributed by atoms with Crippen LogP contribution in [-0.2, 0) is 4.74 Å². The van der Waals surface area contributed by atoms with Gasteiger partial charge >= 0.3 is 6.09 Å². The average Bonchev–Trinajstić information content (AvgIpc) is 2.83. The molecule has 2 aliphatic heterocycles. The van der Waals surface area contributed by atoms with Gasteiger partial charge in [-0.2, -0.15) is 10.2 Å². The predicted molar refractivity (Wildman–Crippen MR) is 72.1 cm³/mol. The number of ether oxygens (including phenoxy) is 1. The van der Waals surface area contributed by atoms with Gasteiger partial charge in [-0.05, 0) is 40.7 Å². The number of nitrogens with one attached hydrogen (secondary N) is 1. The van der Waals surface area contributed by atoms with E-state index in [4.69, 9.17) is 4.74 Å². The second-order valence-corrected chi connectivity index (χ2v) is 6.53. The van der Waals surface area contributed by atoms with E-state index in [1.165, 1.54) is 0 Å². The van der Waals surface area contributed by atoms with Gasteiger partial charge < -0.3 is 15.0 Å². The molecular formula is C13H24N4O2. The predicted octanol–water partition coefficient (Wildman–Crippen LogP) is 2.16. The van der Waals surface area contributed by atoms with Crippen LogP contribution in [0.4, 0.5) is 4.79 Å². The van der Waals surface area contributed by atoms with E-state index in [0.29, 0.717) is 6.04 Å². The van der Waals surface area contributed by atoms with Crippen LogP contribution in [0.25, 0.3) is 0 Å². The van der Waals surface area contributed by atoms with E-state index in [1.807, 2.05) is 27.7 Å². The molecule has 2 heterocycles. The first kappa shape index (κ1) is 14.2. The highest BCUT2D eigenvalue weighted by atomic mass is 16.6. The average molecular weight is 268 g/mol. The highest BCUT2D eigenvalue weighted by Crippen LogP contribution is 2.30. The number of amides is 1. The summed E-state index contributed by atoms with van der Waals surface area (Å²) in [4.78, 5) is 13.7. The topological polar surface area (TPSA) is 66.3 Å². The van der Waals surface area contributed by atoms with E-state index in [0.717, 1.165) is 32.5 Å². The van der Waals surface area contributed by atoms with Crippen LogP contribution in [0.2, 0.25) is 0 Å².